The van der Waals surface area contributed by atoms with Crippen molar-refractivity contribution in [2.24, 2.45) is 0 Å². The zero-order chi connectivity index (χ0) is 13.8. The van der Waals surface area contributed by atoms with E-state index in [9.17, 15) is 9.59 Å². The van der Waals surface area contributed by atoms with Gasteiger partial charge in [-0.2, -0.15) is 0 Å². The predicted octanol–water partition coefficient (Wildman–Crippen LogP) is 1.17. The number of halogens is 2. The first kappa shape index (κ1) is 14.1. The van der Waals surface area contributed by atoms with Crippen molar-refractivity contribution in [3.8, 4) is 0 Å². The third-order valence-electron chi connectivity index (χ3n) is 2.97. The van der Waals surface area contributed by atoms with Crippen molar-refractivity contribution in [1.82, 2.24) is 14.8 Å². The molecule has 0 bridgehead atoms. The van der Waals surface area contributed by atoms with Crippen LogP contribution < -0.4 is 0 Å². The molecule has 1 saturated heterocycles. The minimum absolute atomic E-state index is 0.0755. The van der Waals surface area contributed by atoms with Crippen LogP contribution in [-0.2, 0) is 4.79 Å². The van der Waals surface area contributed by atoms with Gasteiger partial charge >= 0.3 is 0 Å². The fourth-order valence-corrected chi connectivity index (χ4v) is 2.22. The zero-order valence-electron chi connectivity index (χ0n) is 10.1. The number of nitrogens with zero attached hydrogens (tertiary/aromatic N) is 3. The summed E-state index contributed by atoms with van der Waals surface area (Å²) in [5.74, 6) is -0.384. The molecule has 1 aliphatic heterocycles. The van der Waals surface area contributed by atoms with Gasteiger partial charge in [-0.3, -0.25) is 14.6 Å². The Hall–Kier alpha value is -1.33. The van der Waals surface area contributed by atoms with Gasteiger partial charge in [0.05, 0.1) is 5.56 Å². The van der Waals surface area contributed by atoms with Gasteiger partial charge in [-0.15, -0.1) is 0 Å². The number of rotatable bonds is 2. The van der Waals surface area contributed by atoms with Gasteiger partial charge in [0, 0.05) is 38.6 Å². The molecular weight excluding hydrogens is 289 g/mol. The molecule has 0 radical (unpaired) electrons. The molecule has 1 fully saturated rings. The van der Waals surface area contributed by atoms with E-state index in [1.54, 1.807) is 28.1 Å². The second kappa shape index (κ2) is 6.21. The van der Waals surface area contributed by atoms with Crippen LogP contribution >= 0.6 is 23.2 Å². The Kier molecular flexibility index (Phi) is 4.61. The zero-order valence-corrected chi connectivity index (χ0v) is 11.6. The molecule has 0 N–H and O–H groups in total. The Morgan fingerprint density at radius 1 is 1.16 bits per heavy atom. The molecule has 2 rings (SSSR count). The summed E-state index contributed by atoms with van der Waals surface area (Å²) in [4.78, 5) is 29.9. The first-order chi connectivity index (χ1) is 9.09. The Morgan fingerprint density at radius 3 is 2.32 bits per heavy atom. The Bertz CT molecular complexity index is 459. The fraction of sp³-hybridized carbons (Fsp3) is 0.417. The van der Waals surface area contributed by atoms with Crippen LogP contribution in [0.3, 0.4) is 0 Å². The quantitative estimate of drug-likeness (QED) is 0.771. The van der Waals surface area contributed by atoms with E-state index in [2.05, 4.69) is 4.98 Å². The molecule has 1 aliphatic rings. The highest BCUT2D eigenvalue weighted by Gasteiger charge is 2.27. The van der Waals surface area contributed by atoms with Crippen LogP contribution in [0.5, 0.6) is 0 Å². The molecule has 0 atom stereocenters. The van der Waals surface area contributed by atoms with Crippen LogP contribution in [0.4, 0.5) is 0 Å². The Morgan fingerprint density at radius 2 is 1.79 bits per heavy atom. The molecule has 5 nitrogen and oxygen atoms in total. The van der Waals surface area contributed by atoms with Gasteiger partial charge in [0.2, 0.25) is 0 Å². The number of alkyl halides is 2. The van der Waals surface area contributed by atoms with Crippen LogP contribution in [-0.4, -0.2) is 57.6 Å². The van der Waals surface area contributed by atoms with E-state index in [4.69, 9.17) is 23.2 Å². The molecule has 2 heterocycles. The smallest absolute Gasteiger partial charge is 0.255 e. The van der Waals surface area contributed by atoms with Gasteiger partial charge in [-0.1, -0.05) is 23.2 Å². The van der Waals surface area contributed by atoms with Crippen LogP contribution in [0.15, 0.2) is 24.5 Å². The summed E-state index contributed by atoms with van der Waals surface area (Å²) in [5, 5.41) is 0. The molecule has 7 heteroatoms. The number of carbonyl (C=O) groups excluding carboxylic acids is 2. The van der Waals surface area contributed by atoms with Gasteiger partial charge in [0.25, 0.3) is 11.8 Å². The van der Waals surface area contributed by atoms with E-state index < -0.39 is 4.84 Å². The van der Waals surface area contributed by atoms with Crippen LogP contribution in [0.25, 0.3) is 0 Å². The molecule has 102 valence electrons. The van der Waals surface area contributed by atoms with Crippen LogP contribution in [0, 0.1) is 0 Å². The number of pyridine rings is 1. The van der Waals surface area contributed by atoms with Crippen LogP contribution in [0.2, 0.25) is 0 Å². The van der Waals surface area contributed by atoms with E-state index >= 15 is 0 Å². The maximum Gasteiger partial charge on any atom is 0.255 e. The predicted molar refractivity (Wildman–Crippen MR) is 72.2 cm³/mol. The van der Waals surface area contributed by atoms with Crippen molar-refractivity contribution in [2.75, 3.05) is 26.2 Å². The molecule has 0 aromatic carbocycles. The van der Waals surface area contributed by atoms with Crippen molar-refractivity contribution in [3.63, 3.8) is 0 Å². The maximum absolute atomic E-state index is 12.1. The third-order valence-corrected chi connectivity index (χ3v) is 3.35. The number of amides is 2. The van der Waals surface area contributed by atoms with Gasteiger partial charge in [-0.05, 0) is 12.1 Å². The normalized spacial score (nSPS) is 15.7. The van der Waals surface area contributed by atoms with Crippen molar-refractivity contribution in [2.45, 2.75) is 4.84 Å². The summed E-state index contributed by atoms with van der Waals surface area (Å²) < 4.78 is 0. The number of hydrogen-bond donors (Lipinski definition) is 0. The average molecular weight is 302 g/mol. The molecule has 0 spiro atoms. The van der Waals surface area contributed by atoms with E-state index in [-0.39, 0.29) is 11.8 Å². The molecule has 0 aliphatic carbocycles. The molecule has 0 unspecified atom stereocenters. The monoisotopic (exact) mass is 301 g/mol. The summed E-state index contributed by atoms with van der Waals surface area (Å²) in [6, 6.07) is 3.44. The van der Waals surface area contributed by atoms with E-state index in [1.807, 2.05) is 0 Å². The topological polar surface area (TPSA) is 53.5 Å². The minimum Gasteiger partial charge on any atom is -0.337 e. The fourth-order valence-electron chi connectivity index (χ4n) is 1.94. The highest BCUT2D eigenvalue weighted by molar-refractivity contribution is 6.53. The lowest BCUT2D eigenvalue weighted by atomic mass is 10.2. The molecule has 19 heavy (non-hydrogen) atoms. The lowest BCUT2D eigenvalue weighted by Crippen LogP contribution is -2.51. The Labute approximate surface area is 121 Å². The molecule has 0 saturated carbocycles. The van der Waals surface area contributed by atoms with E-state index in [0.717, 1.165) is 0 Å². The van der Waals surface area contributed by atoms with Crippen LogP contribution in [0.1, 0.15) is 10.4 Å². The minimum atomic E-state index is -1.04. The summed E-state index contributed by atoms with van der Waals surface area (Å²) in [6.45, 7) is 1.83. The lowest BCUT2D eigenvalue weighted by molar-refractivity contribution is -0.130. The number of aromatic nitrogens is 1. The summed E-state index contributed by atoms with van der Waals surface area (Å²) in [6.07, 6.45) is 3.15. The summed E-state index contributed by atoms with van der Waals surface area (Å²) in [7, 11) is 0. The summed E-state index contributed by atoms with van der Waals surface area (Å²) in [5.41, 5.74) is 0.551. The lowest BCUT2D eigenvalue weighted by Gasteiger charge is -2.35. The van der Waals surface area contributed by atoms with Gasteiger partial charge < -0.3 is 9.80 Å². The second-order valence-corrected chi connectivity index (χ2v) is 5.26. The van der Waals surface area contributed by atoms with Crippen molar-refractivity contribution in [3.05, 3.63) is 30.1 Å². The molecular formula is C12H13Cl2N3O2. The molecule has 2 amide bonds. The maximum atomic E-state index is 12.1. The van der Waals surface area contributed by atoms with Crippen molar-refractivity contribution < 1.29 is 9.59 Å². The highest BCUT2D eigenvalue weighted by Crippen LogP contribution is 2.12. The van der Waals surface area contributed by atoms with E-state index in [0.29, 0.717) is 31.7 Å². The SMILES string of the molecule is O=C(c1cccnc1)N1CCN(C(=O)C(Cl)Cl)CC1. The molecule has 1 aromatic heterocycles. The number of hydrogen-bond acceptors (Lipinski definition) is 3. The van der Waals surface area contributed by atoms with E-state index in [1.165, 1.54) is 6.20 Å². The second-order valence-electron chi connectivity index (χ2n) is 4.16. The number of piperazine rings is 1. The number of carbonyl (C=O) groups is 2. The summed E-state index contributed by atoms with van der Waals surface area (Å²) >= 11 is 11.1. The first-order valence-corrected chi connectivity index (χ1v) is 6.73. The average Bonchev–Trinajstić information content (AvgIpc) is 2.46. The largest absolute Gasteiger partial charge is 0.337 e. The standard InChI is InChI=1S/C12H13Cl2N3O2/c13-10(14)12(19)17-6-4-16(5-7-17)11(18)9-2-1-3-15-8-9/h1-3,8,10H,4-7H2. The molecule has 1 aromatic rings. The highest BCUT2D eigenvalue weighted by atomic mass is 35.5. The van der Waals surface area contributed by atoms with Crippen molar-refractivity contribution >= 4 is 35.0 Å². The van der Waals surface area contributed by atoms with Gasteiger partial charge in [-0.25, -0.2) is 0 Å². The van der Waals surface area contributed by atoms with Gasteiger partial charge in [0.1, 0.15) is 0 Å². The first-order valence-electron chi connectivity index (χ1n) is 5.86. The third kappa shape index (κ3) is 3.36. The Balaban J connectivity index is 1.94. The van der Waals surface area contributed by atoms with Gasteiger partial charge in [0.15, 0.2) is 4.84 Å². The van der Waals surface area contributed by atoms with Crippen molar-refractivity contribution in [1.29, 1.82) is 0 Å².